The van der Waals surface area contributed by atoms with E-state index in [0.29, 0.717) is 30.8 Å². The molecular formula is C22H25N3O6. The van der Waals surface area contributed by atoms with Gasteiger partial charge in [0.1, 0.15) is 5.82 Å². The lowest BCUT2D eigenvalue weighted by Gasteiger charge is -2.21. The van der Waals surface area contributed by atoms with E-state index >= 15 is 0 Å². The van der Waals surface area contributed by atoms with Crippen LogP contribution in [0, 0.1) is 25.2 Å². The average Bonchev–Trinajstić information content (AvgIpc) is 3.05. The second-order valence-electron chi connectivity index (χ2n) is 6.93. The molecule has 2 N–H and O–H groups in total. The van der Waals surface area contributed by atoms with Crippen molar-refractivity contribution in [3.8, 4) is 11.8 Å². The van der Waals surface area contributed by atoms with E-state index in [1.54, 1.807) is 13.8 Å². The average molecular weight is 427 g/mol. The number of carboxylic acid groups (broad SMARTS) is 2. The Morgan fingerprint density at radius 2 is 1.61 bits per heavy atom. The number of carbonyl (C=O) groups is 3. The molecule has 0 atom stereocenters. The number of aromatic carboxylic acids is 2. The van der Waals surface area contributed by atoms with Crippen LogP contribution in [0.1, 0.15) is 86.6 Å². The van der Waals surface area contributed by atoms with Crippen LogP contribution < -0.4 is 0 Å². The third-order valence-corrected chi connectivity index (χ3v) is 5.03. The zero-order chi connectivity index (χ0) is 23.5. The minimum absolute atomic E-state index is 0.00121. The third kappa shape index (κ3) is 4.01. The number of hydrogen-bond acceptors (Lipinski definition) is 6. The molecule has 0 aliphatic rings. The van der Waals surface area contributed by atoms with Crippen molar-refractivity contribution in [3.63, 3.8) is 0 Å². The molecule has 0 amide bonds. The largest absolute Gasteiger partial charge is 0.478 e. The molecule has 9 heteroatoms. The molecule has 0 bridgehead atoms. The van der Waals surface area contributed by atoms with Gasteiger partial charge in [-0.25, -0.2) is 19.4 Å². The van der Waals surface area contributed by atoms with Gasteiger partial charge in [0.05, 0.1) is 40.7 Å². The maximum absolute atomic E-state index is 12.9. The number of rotatable bonds is 8. The van der Waals surface area contributed by atoms with Crippen molar-refractivity contribution in [3.05, 3.63) is 45.0 Å². The molecule has 164 valence electrons. The van der Waals surface area contributed by atoms with Crippen LogP contribution in [0.2, 0.25) is 0 Å². The number of ether oxygens (including phenoxy) is 1. The van der Waals surface area contributed by atoms with Gasteiger partial charge in [-0.1, -0.05) is 13.8 Å². The summed E-state index contributed by atoms with van der Waals surface area (Å²) in [6.07, 6.45) is 1.36. The van der Waals surface area contributed by atoms with Crippen molar-refractivity contribution in [2.24, 2.45) is 0 Å². The molecular weight excluding hydrogens is 402 g/mol. The number of carboxylic acids is 2. The maximum atomic E-state index is 12.9. The predicted octanol–water partition coefficient (Wildman–Crippen LogP) is 3.45. The van der Waals surface area contributed by atoms with Crippen molar-refractivity contribution < 1.29 is 29.3 Å². The van der Waals surface area contributed by atoms with Crippen LogP contribution in [-0.4, -0.2) is 44.3 Å². The lowest BCUT2D eigenvalue weighted by atomic mass is 9.90. The number of aryl methyl sites for hydroxylation is 2. The van der Waals surface area contributed by atoms with Crippen molar-refractivity contribution in [1.82, 2.24) is 9.55 Å². The SMILES string of the molecule is CCCc1nc(CC)c(C(=O)OCC)n1-c1c(C(=O)O)c(C)c(C#N)c(C)c1C(=O)O. The van der Waals surface area contributed by atoms with E-state index in [2.05, 4.69) is 4.98 Å². The van der Waals surface area contributed by atoms with Crippen molar-refractivity contribution in [1.29, 1.82) is 5.26 Å². The molecule has 31 heavy (non-hydrogen) atoms. The fourth-order valence-electron chi connectivity index (χ4n) is 3.73. The number of aromatic nitrogens is 2. The summed E-state index contributed by atoms with van der Waals surface area (Å²) >= 11 is 0. The van der Waals surface area contributed by atoms with E-state index in [4.69, 9.17) is 4.74 Å². The van der Waals surface area contributed by atoms with Crippen molar-refractivity contribution in [2.45, 2.75) is 53.9 Å². The summed E-state index contributed by atoms with van der Waals surface area (Å²) in [5, 5.41) is 29.5. The van der Waals surface area contributed by atoms with Gasteiger partial charge in [-0.15, -0.1) is 0 Å². The van der Waals surface area contributed by atoms with Gasteiger partial charge in [-0.05, 0) is 44.7 Å². The molecule has 2 aromatic rings. The van der Waals surface area contributed by atoms with E-state index in [9.17, 15) is 29.9 Å². The lowest BCUT2D eigenvalue weighted by molar-refractivity contribution is 0.0512. The van der Waals surface area contributed by atoms with Crippen LogP contribution in [0.3, 0.4) is 0 Å². The minimum atomic E-state index is -1.41. The Labute approximate surface area is 179 Å². The molecule has 0 unspecified atom stereocenters. The van der Waals surface area contributed by atoms with Gasteiger partial charge in [-0.2, -0.15) is 5.26 Å². The monoisotopic (exact) mass is 427 g/mol. The summed E-state index contributed by atoms with van der Waals surface area (Å²) in [5.41, 5.74) is -0.301. The van der Waals surface area contributed by atoms with Gasteiger partial charge in [0, 0.05) is 6.42 Å². The number of imidazole rings is 1. The van der Waals surface area contributed by atoms with Gasteiger partial charge in [-0.3, -0.25) is 4.57 Å². The molecule has 1 aromatic heterocycles. The molecule has 0 aliphatic carbocycles. The highest BCUT2D eigenvalue weighted by atomic mass is 16.5. The van der Waals surface area contributed by atoms with E-state index in [0.717, 1.165) is 0 Å². The van der Waals surface area contributed by atoms with Gasteiger partial charge in [0.2, 0.25) is 0 Å². The highest BCUT2D eigenvalue weighted by Crippen LogP contribution is 2.34. The smallest absolute Gasteiger partial charge is 0.357 e. The standard InChI is InChI=1S/C22H25N3O6/c1-6-9-15-24-14(7-2)18(22(30)31-8-3)25(15)19-16(20(26)27)11(4)13(10-23)12(5)17(19)21(28)29/h6-9H2,1-5H3,(H,26,27)(H,28,29). The molecule has 2 rings (SSSR count). The molecule has 0 fully saturated rings. The Morgan fingerprint density at radius 3 is 2.00 bits per heavy atom. The number of benzene rings is 1. The van der Waals surface area contributed by atoms with Crippen LogP contribution in [0.5, 0.6) is 0 Å². The highest BCUT2D eigenvalue weighted by Gasteiger charge is 2.33. The van der Waals surface area contributed by atoms with Gasteiger partial charge >= 0.3 is 17.9 Å². The van der Waals surface area contributed by atoms with E-state index in [1.807, 2.05) is 13.0 Å². The Bertz CT molecular complexity index is 1070. The minimum Gasteiger partial charge on any atom is -0.478 e. The number of esters is 1. The molecule has 0 radical (unpaired) electrons. The summed E-state index contributed by atoms with van der Waals surface area (Å²) in [4.78, 5) is 41.9. The first-order chi connectivity index (χ1) is 14.7. The highest BCUT2D eigenvalue weighted by molar-refractivity contribution is 6.04. The Hall–Kier alpha value is -3.67. The second-order valence-corrected chi connectivity index (χ2v) is 6.93. The third-order valence-electron chi connectivity index (χ3n) is 5.03. The summed E-state index contributed by atoms with van der Waals surface area (Å²) in [7, 11) is 0. The van der Waals surface area contributed by atoms with Crippen LogP contribution in [0.4, 0.5) is 0 Å². The predicted molar refractivity (Wildman–Crippen MR) is 111 cm³/mol. The molecule has 0 saturated carbocycles. The molecule has 9 nitrogen and oxygen atoms in total. The van der Waals surface area contributed by atoms with Gasteiger partial charge in [0.15, 0.2) is 5.69 Å². The summed E-state index contributed by atoms with van der Waals surface area (Å²) in [6, 6.07) is 1.90. The van der Waals surface area contributed by atoms with Crippen molar-refractivity contribution >= 4 is 17.9 Å². The fraction of sp³-hybridized carbons (Fsp3) is 0.409. The molecule has 1 aromatic carbocycles. The number of carbonyl (C=O) groups excluding carboxylic acids is 1. The van der Waals surface area contributed by atoms with E-state index in [1.165, 1.54) is 18.4 Å². The normalized spacial score (nSPS) is 10.6. The Morgan fingerprint density at radius 1 is 1.06 bits per heavy atom. The summed E-state index contributed by atoms with van der Waals surface area (Å²) < 4.78 is 6.48. The number of hydrogen-bond donors (Lipinski definition) is 2. The molecule has 0 spiro atoms. The first-order valence-corrected chi connectivity index (χ1v) is 9.97. The number of nitriles is 1. The Kier molecular flexibility index (Phi) is 7.18. The van der Waals surface area contributed by atoms with Gasteiger partial charge in [0.25, 0.3) is 0 Å². The van der Waals surface area contributed by atoms with Gasteiger partial charge < -0.3 is 14.9 Å². The lowest BCUT2D eigenvalue weighted by Crippen LogP contribution is -2.22. The van der Waals surface area contributed by atoms with E-state index < -0.39 is 17.9 Å². The quantitative estimate of drug-likeness (QED) is 0.610. The maximum Gasteiger partial charge on any atom is 0.357 e. The fourth-order valence-corrected chi connectivity index (χ4v) is 3.73. The van der Waals surface area contributed by atoms with Crippen LogP contribution >= 0.6 is 0 Å². The summed E-state index contributed by atoms with van der Waals surface area (Å²) in [6.45, 7) is 8.30. The van der Waals surface area contributed by atoms with Crippen LogP contribution in [0.25, 0.3) is 5.69 Å². The van der Waals surface area contributed by atoms with Crippen molar-refractivity contribution in [2.75, 3.05) is 6.61 Å². The molecule has 1 heterocycles. The van der Waals surface area contributed by atoms with E-state index in [-0.39, 0.29) is 45.8 Å². The Balaban J connectivity index is 3.21. The molecule has 0 aliphatic heterocycles. The number of nitrogens with zero attached hydrogens (tertiary/aromatic N) is 3. The van der Waals surface area contributed by atoms with Crippen LogP contribution in [-0.2, 0) is 17.6 Å². The second kappa shape index (κ2) is 9.43. The summed E-state index contributed by atoms with van der Waals surface area (Å²) in [5.74, 6) is -3.18. The first-order valence-electron chi connectivity index (χ1n) is 9.97. The zero-order valence-electron chi connectivity index (χ0n) is 18.2. The van der Waals surface area contributed by atoms with Crippen LogP contribution in [0.15, 0.2) is 0 Å². The first kappa shape index (κ1) is 23.6. The molecule has 0 saturated heterocycles. The zero-order valence-corrected chi connectivity index (χ0v) is 18.2. The topological polar surface area (TPSA) is 143 Å².